The van der Waals surface area contributed by atoms with Crippen LogP contribution in [0.4, 0.5) is 0 Å². The van der Waals surface area contributed by atoms with E-state index in [1.54, 1.807) is 0 Å². The van der Waals surface area contributed by atoms with E-state index in [1.165, 1.54) is 11.1 Å². The maximum atomic E-state index is 9.31. The van der Waals surface area contributed by atoms with Crippen LogP contribution in [0.5, 0.6) is 0 Å². The third kappa shape index (κ3) is 2.32. The molecule has 12 heavy (non-hydrogen) atoms. The van der Waals surface area contributed by atoms with Gasteiger partial charge in [-0.05, 0) is 24.5 Å². The summed E-state index contributed by atoms with van der Waals surface area (Å²) in [6, 6.07) is 8.03. The van der Waals surface area contributed by atoms with Crippen molar-refractivity contribution in [3.63, 3.8) is 0 Å². The first kappa shape index (κ1) is 9.23. The van der Waals surface area contributed by atoms with Crippen LogP contribution in [0, 0.1) is 6.92 Å². The van der Waals surface area contributed by atoms with Crippen LogP contribution in [-0.4, -0.2) is 17.8 Å². The van der Waals surface area contributed by atoms with E-state index < -0.39 is 6.10 Å². The summed E-state index contributed by atoms with van der Waals surface area (Å²) >= 11 is 0. The van der Waals surface area contributed by atoms with Crippen molar-refractivity contribution in [3.05, 3.63) is 35.4 Å². The molecule has 0 bridgehead atoms. The summed E-state index contributed by atoms with van der Waals surface area (Å²) in [6.07, 6.45) is 0.245. The van der Waals surface area contributed by atoms with Crippen LogP contribution < -0.4 is 5.73 Å². The minimum atomic E-state index is -0.411. The summed E-state index contributed by atoms with van der Waals surface area (Å²) in [4.78, 5) is 0. The molecule has 0 radical (unpaired) electrons. The van der Waals surface area contributed by atoms with Crippen molar-refractivity contribution in [1.29, 1.82) is 0 Å². The molecule has 0 aromatic heterocycles. The molecule has 66 valence electrons. The van der Waals surface area contributed by atoms with Gasteiger partial charge < -0.3 is 10.8 Å². The zero-order chi connectivity index (χ0) is 8.97. The Balaban J connectivity index is 2.69. The molecule has 0 heterocycles. The fraction of sp³-hybridized carbons (Fsp3) is 0.400. The van der Waals surface area contributed by atoms with Gasteiger partial charge in [0.1, 0.15) is 0 Å². The van der Waals surface area contributed by atoms with Crippen molar-refractivity contribution in [2.75, 3.05) is 6.54 Å². The van der Waals surface area contributed by atoms with Gasteiger partial charge in [-0.1, -0.05) is 24.3 Å². The highest BCUT2D eigenvalue weighted by Gasteiger charge is 2.03. The lowest BCUT2D eigenvalue weighted by Gasteiger charge is -2.09. The van der Waals surface area contributed by atoms with Crippen molar-refractivity contribution < 1.29 is 5.11 Å². The normalized spacial score (nSPS) is 12.9. The van der Waals surface area contributed by atoms with Gasteiger partial charge in [-0.3, -0.25) is 0 Å². The van der Waals surface area contributed by atoms with Crippen LogP contribution >= 0.6 is 0 Å². The summed E-state index contributed by atoms with van der Waals surface area (Å²) in [6.45, 7) is 2.37. The van der Waals surface area contributed by atoms with Crippen LogP contribution in [0.25, 0.3) is 0 Å². The maximum Gasteiger partial charge on any atom is 0.0702 e. The van der Waals surface area contributed by atoms with Gasteiger partial charge in [0, 0.05) is 6.54 Å². The molecular weight excluding hydrogens is 150 g/mol. The van der Waals surface area contributed by atoms with Crippen LogP contribution in [-0.2, 0) is 6.42 Å². The molecule has 1 rings (SSSR count). The van der Waals surface area contributed by atoms with E-state index in [0.717, 1.165) is 0 Å². The Hall–Kier alpha value is -0.860. The van der Waals surface area contributed by atoms with Crippen molar-refractivity contribution in [3.8, 4) is 0 Å². The average Bonchev–Trinajstić information content (AvgIpc) is 2.09. The number of rotatable bonds is 3. The second kappa shape index (κ2) is 4.24. The predicted molar refractivity (Wildman–Crippen MR) is 49.9 cm³/mol. The van der Waals surface area contributed by atoms with Crippen molar-refractivity contribution >= 4 is 0 Å². The van der Waals surface area contributed by atoms with Crippen molar-refractivity contribution in [1.82, 2.24) is 0 Å². The molecule has 1 aromatic rings. The van der Waals surface area contributed by atoms with E-state index in [4.69, 9.17) is 5.73 Å². The van der Waals surface area contributed by atoms with E-state index in [1.807, 2.05) is 31.2 Å². The SMILES string of the molecule is Cc1ccccc1C[C@H](O)CN. The summed E-state index contributed by atoms with van der Waals surface area (Å²) < 4.78 is 0. The zero-order valence-electron chi connectivity index (χ0n) is 7.33. The summed E-state index contributed by atoms with van der Waals surface area (Å²) in [5.41, 5.74) is 7.71. The number of nitrogens with two attached hydrogens (primary N) is 1. The fourth-order valence-corrected chi connectivity index (χ4v) is 1.18. The van der Waals surface area contributed by atoms with E-state index in [0.29, 0.717) is 13.0 Å². The maximum absolute atomic E-state index is 9.31. The highest BCUT2D eigenvalue weighted by atomic mass is 16.3. The van der Waals surface area contributed by atoms with E-state index in [9.17, 15) is 5.11 Å². The van der Waals surface area contributed by atoms with Gasteiger partial charge in [0.25, 0.3) is 0 Å². The Morgan fingerprint density at radius 3 is 2.67 bits per heavy atom. The molecule has 1 atom stereocenters. The smallest absolute Gasteiger partial charge is 0.0702 e. The minimum absolute atomic E-state index is 0.328. The van der Waals surface area contributed by atoms with Gasteiger partial charge >= 0.3 is 0 Å². The topological polar surface area (TPSA) is 46.2 Å². The first-order valence-corrected chi connectivity index (χ1v) is 4.16. The molecule has 3 N–H and O–H groups in total. The molecule has 0 saturated heterocycles. The van der Waals surface area contributed by atoms with E-state index >= 15 is 0 Å². The Kier molecular flexibility index (Phi) is 3.26. The molecule has 0 aliphatic rings. The lowest BCUT2D eigenvalue weighted by molar-refractivity contribution is 0.183. The monoisotopic (exact) mass is 165 g/mol. The molecule has 2 nitrogen and oxygen atoms in total. The van der Waals surface area contributed by atoms with Gasteiger partial charge in [-0.25, -0.2) is 0 Å². The van der Waals surface area contributed by atoms with Crippen LogP contribution in [0.3, 0.4) is 0 Å². The Bertz CT molecular complexity index is 247. The first-order valence-electron chi connectivity index (χ1n) is 4.16. The fourth-order valence-electron chi connectivity index (χ4n) is 1.18. The Morgan fingerprint density at radius 1 is 1.42 bits per heavy atom. The molecule has 2 heteroatoms. The predicted octanol–water partition coefficient (Wildman–Crippen LogP) is 0.857. The van der Waals surface area contributed by atoms with Crippen LogP contribution in [0.15, 0.2) is 24.3 Å². The highest BCUT2D eigenvalue weighted by Crippen LogP contribution is 2.08. The van der Waals surface area contributed by atoms with Gasteiger partial charge in [-0.15, -0.1) is 0 Å². The second-order valence-electron chi connectivity index (χ2n) is 3.02. The zero-order valence-corrected chi connectivity index (χ0v) is 7.33. The second-order valence-corrected chi connectivity index (χ2v) is 3.02. The van der Waals surface area contributed by atoms with Gasteiger partial charge in [-0.2, -0.15) is 0 Å². The number of hydrogen-bond donors (Lipinski definition) is 2. The number of benzene rings is 1. The number of aliphatic hydroxyl groups is 1. The molecular formula is C10H15NO. The quantitative estimate of drug-likeness (QED) is 0.697. The van der Waals surface area contributed by atoms with Crippen LogP contribution in [0.2, 0.25) is 0 Å². The van der Waals surface area contributed by atoms with Gasteiger partial charge in [0.15, 0.2) is 0 Å². The minimum Gasteiger partial charge on any atom is -0.391 e. The average molecular weight is 165 g/mol. The first-order chi connectivity index (χ1) is 5.74. The Labute approximate surface area is 73.0 Å². The third-order valence-electron chi connectivity index (χ3n) is 1.99. The molecule has 0 aliphatic carbocycles. The largest absolute Gasteiger partial charge is 0.391 e. The van der Waals surface area contributed by atoms with Gasteiger partial charge in [0.05, 0.1) is 6.10 Å². The molecule has 0 fully saturated rings. The van der Waals surface area contributed by atoms with E-state index in [2.05, 4.69) is 0 Å². The summed E-state index contributed by atoms with van der Waals surface area (Å²) in [5.74, 6) is 0. The standard InChI is InChI=1S/C10H15NO/c1-8-4-2-3-5-9(8)6-10(12)7-11/h2-5,10,12H,6-7,11H2,1H3/t10-/m0/s1. The Morgan fingerprint density at radius 2 is 2.08 bits per heavy atom. The molecule has 0 saturated carbocycles. The lowest BCUT2D eigenvalue weighted by atomic mass is 10.0. The third-order valence-corrected chi connectivity index (χ3v) is 1.99. The van der Waals surface area contributed by atoms with Crippen LogP contribution in [0.1, 0.15) is 11.1 Å². The number of aryl methyl sites for hydroxylation is 1. The summed E-state index contributed by atoms with van der Waals surface area (Å²) in [7, 11) is 0. The highest BCUT2D eigenvalue weighted by molar-refractivity contribution is 5.26. The molecule has 1 aromatic carbocycles. The van der Waals surface area contributed by atoms with Crippen molar-refractivity contribution in [2.24, 2.45) is 5.73 Å². The number of aliphatic hydroxyl groups excluding tert-OH is 1. The summed E-state index contributed by atoms with van der Waals surface area (Å²) in [5, 5.41) is 9.31. The lowest BCUT2D eigenvalue weighted by Crippen LogP contribution is -2.22. The molecule has 0 spiro atoms. The van der Waals surface area contributed by atoms with E-state index in [-0.39, 0.29) is 0 Å². The molecule has 0 amide bonds. The number of hydrogen-bond acceptors (Lipinski definition) is 2. The molecule has 0 unspecified atom stereocenters. The van der Waals surface area contributed by atoms with Crippen molar-refractivity contribution in [2.45, 2.75) is 19.4 Å². The van der Waals surface area contributed by atoms with Gasteiger partial charge in [0.2, 0.25) is 0 Å². The molecule has 0 aliphatic heterocycles.